The number of aliphatic hydroxyl groups is 1. The molecule has 1 aliphatic heterocycles. The van der Waals surface area contributed by atoms with Gasteiger partial charge >= 0.3 is 0 Å². The van der Waals surface area contributed by atoms with Crippen LogP contribution in [0.5, 0.6) is 0 Å². The van der Waals surface area contributed by atoms with Crippen LogP contribution in [0.2, 0.25) is 0 Å². The van der Waals surface area contributed by atoms with Crippen molar-refractivity contribution >= 4 is 38.9 Å². The average Bonchev–Trinajstić information content (AvgIpc) is 3.34. The summed E-state index contributed by atoms with van der Waals surface area (Å²) in [7, 11) is -3.59. The Morgan fingerprint density at radius 1 is 1.31 bits per heavy atom. The third-order valence-electron chi connectivity index (χ3n) is 6.48. The molecule has 1 saturated heterocycles. The van der Waals surface area contributed by atoms with Crippen molar-refractivity contribution < 1.29 is 18.3 Å². The number of carbonyl (C=O) groups is 1. The maximum atomic E-state index is 12.7. The first-order valence-corrected chi connectivity index (χ1v) is 13.2. The van der Waals surface area contributed by atoms with Crippen LogP contribution in [0.25, 0.3) is 10.9 Å². The van der Waals surface area contributed by atoms with Crippen molar-refractivity contribution in [1.82, 2.24) is 24.0 Å². The molecule has 1 aliphatic carbocycles. The molecule has 3 aromatic rings. The van der Waals surface area contributed by atoms with Crippen LogP contribution < -0.4 is 10.6 Å². The van der Waals surface area contributed by atoms with Gasteiger partial charge in [-0.05, 0) is 32.8 Å². The first kappa shape index (κ1) is 24.3. The van der Waals surface area contributed by atoms with Gasteiger partial charge in [-0.3, -0.25) is 30.1 Å². The number of aliphatic hydroxyl groups excluding tert-OH is 1. The summed E-state index contributed by atoms with van der Waals surface area (Å²) in [6.45, 7) is 7.92. The maximum Gasteiger partial charge on any atom is 0.257 e. The number of nitrogens with zero attached hydrogens (tertiary/aromatic N) is 7. The Kier molecular flexibility index (Phi) is 5.80. The van der Waals surface area contributed by atoms with Crippen molar-refractivity contribution in [2.75, 3.05) is 11.4 Å². The number of aromatic nitrogens is 5. The second kappa shape index (κ2) is 8.61. The van der Waals surface area contributed by atoms with Gasteiger partial charge in [-0.1, -0.05) is 12.7 Å². The Labute approximate surface area is 208 Å². The van der Waals surface area contributed by atoms with E-state index in [1.165, 1.54) is 29.6 Å². The molecule has 2 atom stereocenters. The van der Waals surface area contributed by atoms with E-state index in [2.05, 4.69) is 26.8 Å². The van der Waals surface area contributed by atoms with Gasteiger partial charge in [-0.25, -0.2) is 8.42 Å². The predicted molar refractivity (Wildman–Crippen MR) is 134 cm³/mol. The lowest BCUT2D eigenvalue weighted by atomic mass is 9.99. The minimum Gasteiger partial charge on any atom is -0.383 e. The number of allylic oxidation sites excluding steroid dienone is 1. The van der Waals surface area contributed by atoms with E-state index in [-0.39, 0.29) is 6.04 Å². The van der Waals surface area contributed by atoms with Crippen LogP contribution in [-0.2, 0) is 20.5 Å². The Morgan fingerprint density at radius 3 is 2.67 bits per heavy atom. The van der Waals surface area contributed by atoms with Gasteiger partial charge in [0.05, 0.1) is 34.2 Å². The lowest BCUT2D eigenvalue weighted by molar-refractivity contribution is -0.124. The highest BCUT2D eigenvalue weighted by Crippen LogP contribution is 2.35. The van der Waals surface area contributed by atoms with E-state index in [1.54, 1.807) is 16.9 Å². The van der Waals surface area contributed by atoms with Crippen molar-refractivity contribution in [3.05, 3.63) is 48.6 Å². The number of amides is 1. The van der Waals surface area contributed by atoms with Gasteiger partial charge < -0.3 is 5.11 Å². The largest absolute Gasteiger partial charge is 0.383 e. The summed E-state index contributed by atoms with van der Waals surface area (Å²) in [6, 6.07) is 1.67. The zero-order chi connectivity index (χ0) is 25.8. The van der Waals surface area contributed by atoms with Crippen molar-refractivity contribution in [2.45, 2.75) is 56.2 Å². The van der Waals surface area contributed by atoms with E-state index >= 15 is 0 Å². The smallest absolute Gasteiger partial charge is 0.257 e. The van der Waals surface area contributed by atoms with E-state index in [0.717, 1.165) is 4.09 Å². The highest BCUT2D eigenvalue weighted by Gasteiger charge is 2.40. The molecule has 1 saturated carbocycles. The van der Waals surface area contributed by atoms with Gasteiger partial charge in [0.25, 0.3) is 15.9 Å². The van der Waals surface area contributed by atoms with Crippen LogP contribution in [0.4, 0.5) is 5.82 Å². The second-order valence-electron chi connectivity index (χ2n) is 9.37. The molecule has 36 heavy (non-hydrogen) atoms. The third-order valence-corrected chi connectivity index (χ3v) is 8.51. The fourth-order valence-corrected chi connectivity index (χ4v) is 5.79. The SMILES string of the molecule is C=C/C=N\C(N)(c1cnn(S(=O)(=O)C2CC2)c1)c1cc2c(cn1)c(N1CC[C@@H](O)C1=O)nn2C(C)C. The molecule has 12 nitrogen and oxygen atoms in total. The summed E-state index contributed by atoms with van der Waals surface area (Å²) in [5.74, 6) is 0.0160. The first-order chi connectivity index (χ1) is 17.1. The number of hydrogen-bond donors (Lipinski definition) is 2. The summed E-state index contributed by atoms with van der Waals surface area (Å²) >= 11 is 0. The number of anilines is 1. The normalized spacial score (nSPS) is 20.6. The molecule has 2 aliphatic rings. The minimum atomic E-state index is -3.59. The van der Waals surface area contributed by atoms with E-state index < -0.39 is 32.9 Å². The van der Waals surface area contributed by atoms with Crippen molar-refractivity contribution in [3.63, 3.8) is 0 Å². The molecule has 4 heterocycles. The summed E-state index contributed by atoms with van der Waals surface area (Å²) < 4.78 is 28.1. The zero-order valence-corrected chi connectivity index (χ0v) is 20.8. The van der Waals surface area contributed by atoms with Crippen LogP contribution in [0, 0.1) is 0 Å². The molecule has 1 unspecified atom stereocenters. The van der Waals surface area contributed by atoms with E-state index in [0.29, 0.717) is 53.8 Å². The van der Waals surface area contributed by atoms with Crippen molar-refractivity contribution in [1.29, 1.82) is 0 Å². The van der Waals surface area contributed by atoms with Gasteiger partial charge in [-0.2, -0.15) is 14.3 Å². The molecule has 3 N–H and O–H groups in total. The molecule has 2 fully saturated rings. The van der Waals surface area contributed by atoms with Gasteiger partial charge in [0.1, 0.15) is 6.10 Å². The summed E-state index contributed by atoms with van der Waals surface area (Å²) in [6.07, 6.45) is 7.70. The number of rotatable bonds is 8. The number of nitrogens with two attached hydrogens (primary N) is 1. The molecular weight excluding hydrogens is 484 g/mol. The molecule has 5 rings (SSSR count). The topological polar surface area (TPSA) is 162 Å². The molecule has 190 valence electrons. The Balaban J connectivity index is 1.64. The van der Waals surface area contributed by atoms with Crippen LogP contribution in [0.1, 0.15) is 50.4 Å². The molecule has 0 aromatic carbocycles. The number of carbonyl (C=O) groups excluding carboxylic acids is 1. The van der Waals surface area contributed by atoms with Crippen molar-refractivity contribution in [3.8, 4) is 0 Å². The van der Waals surface area contributed by atoms with Gasteiger partial charge in [0, 0.05) is 37.0 Å². The predicted octanol–water partition coefficient (Wildman–Crippen LogP) is 1.06. The lowest BCUT2D eigenvalue weighted by Crippen LogP contribution is -2.37. The molecule has 0 bridgehead atoms. The van der Waals surface area contributed by atoms with Gasteiger partial charge in [0.2, 0.25) is 0 Å². The van der Waals surface area contributed by atoms with Crippen LogP contribution in [-0.4, -0.2) is 67.5 Å². The fraction of sp³-hybridized carbons (Fsp3) is 0.435. The molecule has 3 aromatic heterocycles. The number of aliphatic imine (C=N–C) groups is 1. The van der Waals surface area contributed by atoms with E-state index in [1.807, 2.05) is 13.8 Å². The molecule has 13 heteroatoms. The number of fused-ring (bicyclic) bond motifs is 1. The zero-order valence-electron chi connectivity index (χ0n) is 20.0. The van der Waals surface area contributed by atoms with Crippen molar-refractivity contribution in [2.24, 2.45) is 10.7 Å². The van der Waals surface area contributed by atoms with Gasteiger partial charge in [-0.15, -0.1) is 0 Å². The standard InChI is InChI=1S/C23H28N8O4S/c1-4-8-26-23(24,15-11-27-30(13-15)36(34,35)16-5-6-16)20-10-18-17(12-25-20)21(28-31(18)14(2)3)29-9-7-19(32)22(29)33/h4,8,10-14,16,19,32H,1,5-7,9,24H2,2-3H3/b26-8-/t19-,23?/m1/s1. The van der Waals surface area contributed by atoms with Crippen LogP contribution >= 0.6 is 0 Å². The molecule has 0 radical (unpaired) electrons. The van der Waals surface area contributed by atoms with E-state index in [4.69, 9.17) is 5.73 Å². The highest BCUT2D eigenvalue weighted by atomic mass is 32.2. The maximum absolute atomic E-state index is 12.7. The first-order valence-electron chi connectivity index (χ1n) is 11.7. The monoisotopic (exact) mass is 512 g/mol. The third kappa shape index (κ3) is 3.83. The van der Waals surface area contributed by atoms with E-state index in [9.17, 15) is 18.3 Å². The quantitative estimate of drug-likeness (QED) is 0.424. The van der Waals surface area contributed by atoms with Gasteiger partial charge in [0.15, 0.2) is 11.5 Å². The summed E-state index contributed by atoms with van der Waals surface area (Å²) in [4.78, 5) is 23.0. The molecule has 0 spiro atoms. The number of pyridine rings is 1. The summed E-state index contributed by atoms with van der Waals surface area (Å²) in [5, 5.41) is 18.8. The Bertz CT molecular complexity index is 1490. The van der Waals surface area contributed by atoms with Crippen LogP contribution in [0.15, 0.2) is 42.3 Å². The fourth-order valence-electron chi connectivity index (χ4n) is 4.31. The molecular formula is C23H28N8O4S. The lowest BCUT2D eigenvalue weighted by Gasteiger charge is -2.23. The molecule has 1 amide bonds. The minimum absolute atomic E-state index is 0.0607. The Hall–Kier alpha value is -3.42. The second-order valence-corrected chi connectivity index (χ2v) is 11.4. The van der Waals surface area contributed by atoms with Crippen LogP contribution in [0.3, 0.4) is 0 Å². The Morgan fingerprint density at radius 2 is 2.06 bits per heavy atom. The highest BCUT2D eigenvalue weighted by molar-refractivity contribution is 7.90. The summed E-state index contributed by atoms with van der Waals surface area (Å²) in [5.41, 5.74) is 6.55. The number of hydrogen-bond acceptors (Lipinski definition) is 9. The average molecular weight is 513 g/mol.